The second kappa shape index (κ2) is 6.91. The van der Waals surface area contributed by atoms with Gasteiger partial charge in [0.05, 0.1) is 17.8 Å². The van der Waals surface area contributed by atoms with Crippen molar-refractivity contribution in [2.24, 2.45) is 0 Å². The Kier molecular flexibility index (Phi) is 4.95. The van der Waals surface area contributed by atoms with Crippen LogP contribution >= 0.6 is 11.6 Å². The Labute approximate surface area is 132 Å². The van der Waals surface area contributed by atoms with E-state index in [0.717, 1.165) is 0 Å². The fraction of sp³-hybridized carbons (Fsp3) is 0.133. The quantitative estimate of drug-likeness (QED) is 0.876. The van der Waals surface area contributed by atoms with Crippen molar-refractivity contribution in [3.63, 3.8) is 0 Å². The third-order valence-corrected chi connectivity index (χ3v) is 3.02. The molecule has 0 saturated carbocycles. The first kappa shape index (κ1) is 15.8. The zero-order chi connectivity index (χ0) is 16.1. The number of halogens is 1. The lowest BCUT2D eigenvalue weighted by atomic mass is 10.2. The molecule has 2 aromatic rings. The molecule has 1 amide bonds. The predicted octanol–water partition coefficient (Wildman–Crippen LogP) is 3.44. The highest BCUT2D eigenvalue weighted by Crippen LogP contribution is 2.23. The van der Waals surface area contributed by atoms with Crippen LogP contribution in [0.25, 0.3) is 0 Å². The molecule has 0 radical (unpaired) electrons. The number of hydrogen-bond acceptors (Lipinski definition) is 5. The summed E-state index contributed by atoms with van der Waals surface area (Å²) in [5.74, 6) is -0.544. The molecule has 0 unspecified atom stereocenters. The number of para-hydroxylation sites is 1. The Bertz CT molecular complexity index is 718. The van der Waals surface area contributed by atoms with Crippen molar-refractivity contribution >= 4 is 29.4 Å². The number of ether oxygens (including phenoxy) is 2. The van der Waals surface area contributed by atoms with E-state index in [9.17, 15) is 9.59 Å². The molecule has 1 aromatic heterocycles. The van der Waals surface area contributed by atoms with Crippen molar-refractivity contribution < 1.29 is 19.1 Å². The molecule has 0 aliphatic carbocycles. The number of amides is 1. The van der Waals surface area contributed by atoms with Crippen LogP contribution < -0.4 is 10.1 Å². The molecule has 22 heavy (non-hydrogen) atoms. The number of rotatable bonds is 3. The number of aromatic nitrogens is 1. The summed E-state index contributed by atoms with van der Waals surface area (Å²) < 4.78 is 9.34. The molecule has 0 atom stereocenters. The number of aryl methyl sites for hydroxylation is 1. The molecule has 0 spiro atoms. The minimum atomic E-state index is -0.933. The predicted molar refractivity (Wildman–Crippen MR) is 81.4 cm³/mol. The molecule has 0 saturated heterocycles. The maximum atomic E-state index is 12.3. The van der Waals surface area contributed by atoms with Gasteiger partial charge in [0.15, 0.2) is 11.4 Å². The first-order chi connectivity index (χ1) is 10.5. The highest BCUT2D eigenvalue weighted by molar-refractivity contribution is 6.33. The Morgan fingerprint density at radius 3 is 2.59 bits per heavy atom. The average Bonchev–Trinajstić information content (AvgIpc) is 2.51. The van der Waals surface area contributed by atoms with Gasteiger partial charge in [-0.25, -0.2) is 9.78 Å². The van der Waals surface area contributed by atoms with Crippen LogP contribution in [0.4, 0.5) is 10.5 Å². The van der Waals surface area contributed by atoms with Gasteiger partial charge in [-0.05, 0) is 31.2 Å². The van der Waals surface area contributed by atoms with Crippen molar-refractivity contribution in [2.45, 2.75) is 6.92 Å². The smallest absolute Gasteiger partial charge is 0.437 e. The number of pyridine rings is 1. The van der Waals surface area contributed by atoms with Crippen LogP contribution in [0.1, 0.15) is 16.2 Å². The maximum Gasteiger partial charge on any atom is 0.513 e. The summed E-state index contributed by atoms with van der Waals surface area (Å²) in [5.41, 5.74) is 0.994. The third kappa shape index (κ3) is 3.73. The van der Waals surface area contributed by atoms with Crippen LogP contribution in [-0.4, -0.2) is 24.2 Å². The van der Waals surface area contributed by atoms with Gasteiger partial charge in [0.2, 0.25) is 0 Å². The normalized spacial score (nSPS) is 9.95. The zero-order valence-electron chi connectivity index (χ0n) is 11.9. The summed E-state index contributed by atoms with van der Waals surface area (Å²) in [7, 11) is 1.17. The van der Waals surface area contributed by atoms with E-state index in [-0.39, 0.29) is 11.4 Å². The fourth-order valence-corrected chi connectivity index (χ4v) is 1.85. The summed E-state index contributed by atoms with van der Waals surface area (Å²) in [4.78, 5) is 27.7. The Balaban J connectivity index is 2.30. The monoisotopic (exact) mass is 320 g/mol. The summed E-state index contributed by atoms with van der Waals surface area (Å²) in [6.45, 7) is 1.72. The van der Waals surface area contributed by atoms with Crippen molar-refractivity contribution in [3.05, 3.63) is 52.8 Å². The fourth-order valence-electron chi connectivity index (χ4n) is 1.66. The highest BCUT2D eigenvalue weighted by atomic mass is 35.5. The van der Waals surface area contributed by atoms with Gasteiger partial charge in [-0.1, -0.05) is 23.7 Å². The lowest BCUT2D eigenvalue weighted by molar-refractivity contribution is 0.101. The molecule has 1 aromatic carbocycles. The summed E-state index contributed by atoms with van der Waals surface area (Å²) in [6, 6.07) is 9.86. The largest absolute Gasteiger partial charge is 0.513 e. The first-order valence-corrected chi connectivity index (χ1v) is 6.68. The molecule has 1 heterocycles. The van der Waals surface area contributed by atoms with Crippen molar-refractivity contribution in [3.8, 4) is 5.75 Å². The summed E-state index contributed by atoms with van der Waals surface area (Å²) in [6.07, 6.45) is -0.933. The molecule has 114 valence electrons. The number of anilines is 1. The lowest BCUT2D eigenvalue weighted by Gasteiger charge is -2.10. The molecule has 0 aliphatic rings. The third-order valence-electron chi connectivity index (χ3n) is 2.69. The maximum absolute atomic E-state index is 12.3. The van der Waals surface area contributed by atoms with Crippen molar-refractivity contribution in [1.82, 2.24) is 4.98 Å². The Hall–Kier alpha value is -2.60. The number of hydrogen-bond donors (Lipinski definition) is 1. The van der Waals surface area contributed by atoms with Crippen molar-refractivity contribution in [1.29, 1.82) is 0 Å². The minimum absolute atomic E-state index is 0.00186. The SMILES string of the molecule is COC(=O)Oc1ccc(C)nc1C(=O)Nc1ccccc1Cl. The van der Waals surface area contributed by atoms with Crippen LogP contribution in [0.15, 0.2) is 36.4 Å². The van der Waals surface area contributed by atoms with Gasteiger partial charge in [-0.15, -0.1) is 0 Å². The van der Waals surface area contributed by atoms with Gasteiger partial charge >= 0.3 is 6.16 Å². The molecule has 0 bridgehead atoms. The Morgan fingerprint density at radius 2 is 1.91 bits per heavy atom. The van der Waals surface area contributed by atoms with E-state index in [0.29, 0.717) is 16.4 Å². The number of carbonyl (C=O) groups is 2. The molecular formula is C15H13ClN2O4. The summed E-state index contributed by atoms with van der Waals surface area (Å²) in [5, 5.41) is 3.01. The lowest BCUT2D eigenvalue weighted by Crippen LogP contribution is -2.18. The number of benzene rings is 1. The van der Waals surface area contributed by atoms with Gasteiger partial charge in [-0.3, -0.25) is 4.79 Å². The van der Waals surface area contributed by atoms with E-state index in [1.807, 2.05) is 0 Å². The highest BCUT2D eigenvalue weighted by Gasteiger charge is 2.18. The zero-order valence-corrected chi connectivity index (χ0v) is 12.7. The van der Waals surface area contributed by atoms with E-state index in [1.165, 1.54) is 13.2 Å². The molecule has 7 heteroatoms. The summed E-state index contributed by atoms with van der Waals surface area (Å²) >= 11 is 5.99. The van der Waals surface area contributed by atoms with Crippen LogP contribution in [0.3, 0.4) is 0 Å². The average molecular weight is 321 g/mol. The number of nitrogens with one attached hydrogen (secondary N) is 1. The van der Waals surface area contributed by atoms with E-state index in [4.69, 9.17) is 16.3 Å². The number of methoxy groups -OCH3 is 1. The second-order valence-corrected chi connectivity index (χ2v) is 4.70. The first-order valence-electron chi connectivity index (χ1n) is 6.30. The number of carbonyl (C=O) groups excluding carboxylic acids is 2. The van der Waals surface area contributed by atoms with Gasteiger partial charge in [-0.2, -0.15) is 0 Å². The van der Waals surface area contributed by atoms with Gasteiger partial charge in [0.25, 0.3) is 5.91 Å². The standard InChI is InChI=1S/C15H13ClN2O4/c1-9-7-8-12(22-15(20)21-2)13(17-9)14(19)18-11-6-4-3-5-10(11)16/h3-8H,1-2H3,(H,18,19). The van der Waals surface area contributed by atoms with Crippen molar-refractivity contribution in [2.75, 3.05) is 12.4 Å². The molecule has 0 fully saturated rings. The van der Waals surface area contributed by atoms with E-state index in [1.54, 1.807) is 37.3 Å². The van der Waals surface area contributed by atoms with Gasteiger partial charge in [0.1, 0.15) is 0 Å². The molecular weight excluding hydrogens is 308 g/mol. The van der Waals surface area contributed by atoms with E-state index < -0.39 is 12.1 Å². The topological polar surface area (TPSA) is 77.5 Å². The second-order valence-electron chi connectivity index (χ2n) is 4.29. The molecule has 6 nitrogen and oxygen atoms in total. The molecule has 2 rings (SSSR count). The molecule has 0 aliphatic heterocycles. The van der Waals surface area contributed by atoms with E-state index >= 15 is 0 Å². The van der Waals surface area contributed by atoms with Gasteiger partial charge in [0, 0.05) is 5.69 Å². The van der Waals surface area contributed by atoms with E-state index in [2.05, 4.69) is 15.0 Å². The van der Waals surface area contributed by atoms with Crippen LogP contribution in [-0.2, 0) is 4.74 Å². The van der Waals surface area contributed by atoms with Crippen LogP contribution in [0.2, 0.25) is 5.02 Å². The minimum Gasteiger partial charge on any atom is -0.437 e. The van der Waals surface area contributed by atoms with Crippen LogP contribution in [0.5, 0.6) is 5.75 Å². The Morgan fingerprint density at radius 1 is 1.18 bits per heavy atom. The van der Waals surface area contributed by atoms with Gasteiger partial charge < -0.3 is 14.8 Å². The molecule has 1 N–H and O–H groups in total. The number of nitrogens with zero attached hydrogens (tertiary/aromatic N) is 1. The van der Waals surface area contributed by atoms with Crippen LogP contribution in [0, 0.1) is 6.92 Å².